The van der Waals surface area contributed by atoms with E-state index in [2.05, 4.69) is 12.2 Å². The van der Waals surface area contributed by atoms with Crippen molar-refractivity contribution in [3.05, 3.63) is 29.8 Å². The summed E-state index contributed by atoms with van der Waals surface area (Å²) in [6.07, 6.45) is 8.00. The van der Waals surface area contributed by atoms with Gasteiger partial charge in [0.25, 0.3) is 5.91 Å². The Morgan fingerprint density at radius 3 is 2.57 bits per heavy atom. The summed E-state index contributed by atoms with van der Waals surface area (Å²) in [6.45, 7) is 3.96. The van der Waals surface area contributed by atoms with Gasteiger partial charge in [0, 0.05) is 32.6 Å². The molecule has 0 aromatic heterocycles. The van der Waals surface area contributed by atoms with Crippen LogP contribution in [0.1, 0.15) is 68.6 Å². The van der Waals surface area contributed by atoms with Gasteiger partial charge in [-0.2, -0.15) is 0 Å². The number of benzene rings is 1. The summed E-state index contributed by atoms with van der Waals surface area (Å²) in [5, 5.41) is 3.04. The summed E-state index contributed by atoms with van der Waals surface area (Å²) in [5.41, 5.74) is 1.19. The molecule has 30 heavy (non-hydrogen) atoms. The van der Waals surface area contributed by atoms with E-state index in [0.717, 1.165) is 38.5 Å². The lowest BCUT2D eigenvalue weighted by atomic mass is 9.96. The number of rotatable bonds is 9. The minimum atomic E-state index is -0.160. The average Bonchev–Trinajstić information content (AvgIpc) is 3.63. The van der Waals surface area contributed by atoms with Crippen LogP contribution >= 0.6 is 0 Å². The van der Waals surface area contributed by atoms with Gasteiger partial charge in [0.2, 0.25) is 11.8 Å². The molecule has 1 saturated heterocycles. The molecule has 1 aromatic rings. The molecule has 2 fully saturated rings. The highest BCUT2D eigenvalue weighted by Crippen LogP contribution is 2.33. The van der Waals surface area contributed by atoms with Crippen molar-refractivity contribution in [2.45, 2.75) is 58.3 Å². The van der Waals surface area contributed by atoms with E-state index < -0.39 is 0 Å². The Hall–Kier alpha value is -2.37. The van der Waals surface area contributed by atoms with E-state index in [1.54, 1.807) is 22.9 Å². The predicted octanol–water partition coefficient (Wildman–Crippen LogP) is 3.61. The Labute approximate surface area is 180 Å². The molecule has 1 saturated carbocycles. The Morgan fingerprint density at radius 1 is 1.07 bits per heavy atom. The molecular weight excluding hydrogens is 378 g/mol. The third-order valence-electron chi connectivity index (χ3n) is 6.16. The number of unbranched alkanes of at least 4 members (excludes halogenated alkanes) is 3. The van der Waals surface area contributed by atoms with E-state index in [0.29, 0.717) is 30.9 Å². The number of carbonyl (C=O) groups is 3. The number of nitrogens with zero attached hydrogens (tertiary/aromatic N) is 2. The fourth-order valence-electron chi connectivity index (χ4n) is 4.12. The van der Waals surface area contributed by atoms with Crippen molar-refractivity contribution in [2.75, 3.05) is 31.6 Å². The van der Waals surface area contributed by atoms with Crippen LogP contribution in [-0.4, -0.2) is 49.3 Å². The predicted molar refractivity (Wildman–Crippen MR) is 118 cm³/mol. The van der Waals surface area contributed by atoms with Crippen molar-refractivity contribution in [3.8, 4) is 0 Å². The summed E-state index contributed by atoms with van der Waals surface area (Å²) in [5.74, 6) is -0.0283. The van der Waals surface area contributed by atoms with Crippen LogP contribution in [-0.2, 0) is 9.59 Å². The average molecular weight is 414 g/mol. The first-order valence-electron chi connectivity index (χ1n) is 11.5. The zero-order valence-corrected chi connectivity index (χ0v) is 18.4. The van der Waals surface area contributed by atoms with E-state index in [9.17, 15) is 14.4 Å². The SMILES string of the molecule is CCCCCCNC(=O)C1CCCN(C(=O)c2ccccc2N(C)C(=O)C2CC2)C1. The molecule has 1 unspecified atom stereocenters. The first kappa shape index (κ1) is 22.3. The monoisotopic (exact) mass is 413 g/mol. The second-order valence-electron chi connectivity index (χ2n) is 8.63. The molecular formula is C24H35N3O3. The molecule has 2 aliphatic rings. The van der Waals surface area contributed by atoms with Gasteiger partial charge < -0.3 is 15.1 Å². The molecule has 0 spiro atoms. The molecule has 1 N–H and O–H groups in total. The Balaban J connectivity index is 1.61. The first-order chi connectivity index (χ1) is 14.5. The fourth-order valence-corrected chi connectivity index (χ4v) is 4.12. The lowest BCUT2D eigenvalue weighted by Gasteiger charge is -2.33. The van der Waals surface area contributed by atoms with E-state index >= 15 is 0 Å². The summed E-state index contributed by atoms with van der Waals surface area (Å²) in [6, 6.07) is 7.30. The number of anilines is 1. The highest BCUT2D eigenvalue weighted by molar-refractivity contribution is 6.05. The van der Waals surface area contributed by atoms with Crippen LogP contribution < -0.4 is 10.2 Å². The second-order valence-corrected chi connectivity index (χ2v) is 8.63. The standard InChI is InChI=1S/C24H35N3O3/c1-3-4-5-8-15-25-22(28)19-10-9-16-27(17-19)24(30)20-11-6-7-12-21(20)26(2)23(29)18-13-14-18/h6-7,11-12,18-19H,3-5,8-10,13-17H2,1-2H3,(H,25,28). The van der Waals surface area contributed by atoms with Gasteiger partial charge in [-0.15, -0.1) is 0 Å². The van der Waals surface area contributed by atoms with Gasteiger partial charge in [-0.05, 0) is 44.2 Å². The van der Waals surface area contributed by atoms with Gasteiger partial charge in [-0.1, -0.05) is 38.3 Å². The largest absolute Gasteiger partial charge is 0.356 e. The Kier molecular flexibility index (Phi) is 7.88. The number of likely N-dealkylation sites (tertiary alicyclic amines) is 1. The molecule has 1 atom stereocenters. The van der Waals surface area contributed by atoms with Gasteiger partial charge in [-0.25, -0.2) is 0 Å². The number of para-hydroxylation sites is 1. The van der Waals surface area contributed by atoms with Crippen molar-refractivity contribution in [2.24, 2.45) is 11.8 Å². The number of hydrogen-bond acceptors (Lipinski definition) is 3. The van der Waals surface area contributed by atoms with Crippen LogP contribution in [0.25, 0.3) is 0 Å². The summed E-state index contributed by atoms with van der Waals surface area (Å²) in [4.78, 5) is 41.8. The van der Waals surface area contributed by atoms with Crippen molar-refractivity contribution >= 4 is 23.4 Å². The van der Waals surface area contributed by atoms with E-state index in [4.69, 9.17) is 0 Å². The van der Waals surface area contributed by atoms with Gasteiger partial charge in [0.05, 0.1) is 17.2 Å². The van der Waals surface area contributed by atoms with Gasteiger partial charge in [0.1, 0.15) is 0 Å². The minimum Gasteiger partial charge on any atom is -0.356 e. The third kappa shape index (κ3) is 5.61. The lowest BCUT2D eigenvalue weighted by molar-refractivity contribution is -0.126. The number of piperidine rings is 1. The van der Waals surface area contributed by atoms with Crippen LogP contribution in [0.5, 0.6) is 0 Å². The van der Waals surface area contributed by atoms with Crippen LogP contribution in [0.3, 0.4) is 0 Å². The number of carbonyl (C=O) groups excluding carboxylic acids is 3. The summed E-state index contributed by atoms with van der Waals surface area (Å²) in [7, 11) is 1.75. The molecule has 1 aliphatic heterocycles. The topological polar surface area (TPSA) is 69.7 Å². The van der Waals surface area contributed by atoms with Crippen molar-refractivity contribution in [3.63, 3.8) is 0 Å². The van der Waals surface area contributed by atoms with E-state index in [-0.39, 0.29) is 29.6 Å². The Bertz CT molecular complexity index is 760. The van der Waals surface area contributed by atoms with E-state index in [1.165, 1.54) is 12.8 Å². The molecule has 3 rings (SSSR count). The van der Waals surface area contributed by atoms with Crippen LogP contribution in [0, 0.1) is 11.8 Å². The zero-order valence-electron chi connectivity index (χ0n) is 18.4. The maximum Gasteiger partial charge on any atom is 0.255 e. The van der Waals surface area contributed by atoms with Crippen molar-refractivity contribution in [1.29, 1.82) is 0 Å². The van der Waals surface area contributed by atoms with Gasteiger partial charge in [0.15, 0.2) is 0 Å². The van der Waals surface area contributed by atoms with Crippen molar-refractivity contribution in [1.82, 2.24) is 10.2 Å². The maximum atomic E-state index is 13.3. The first-order valence-corrected chi connectivity index (χ1v) is 11.5. The highest BCUT2D eigenvalue weighted by atomic mass is 16.2. The highest BCUT2D eigenvalue weighted by Gasteiger charge is 2.35. The third-order valence-corrected chi connectivity index (χ3v) is 6.16. The smallest absolute Gasteiger partial charge is 0.255 e. The molecule has 164 valence electrons. The van der Waals surface area contributed by atoms with E-state index in [1.807, 2.05) is 18.2 Å². The molecule has 0 bridgehead atoms. The van der Waals surface area contributed by atoms with Crippen LogP contribution in [0.2, 0.25) is 0 Å². The van der Waals surface area contributed by atoms with Crippen LogP contribution in [0.4, 0.5) is 5.69 Å². The van der Waals surface area contributed by atoms with Gasteiger partial charge >= 0.3 is 0 Å². The molecule has 6 nitrogen and oxygen atoms in total. The molecule has 1 heterocycles. The quantitative estimate of drug-likeness (QED) is 0.629. The molecule has 1 aliphatic carbocycles. The summed E-state index contributed by atoms with van der Waals surface area (Å²) < 4.78 is 0. The number of hydrogen-bond donors (Lipinski definition) is 1. The number of amides is 3. The number of nitrogens with one attached hydrogen (secondary N) is 1. The van der Waals surface area contributed by atoms with Crippen LogP contribution in [0.15, 0.2) is 24.3 Å². The molecule has 6 heteroatoms. The lowest BCUT2D eigenvalue weighted by Crippen LogP contribution is -2.46. The maximum absolute atomic E-state index is 13.3. The van der Waals surface area contributed by atoms with Crippen molar-refractivity contribution < 1.29 is 14.4 Å². The summed E-state index contributed by atoms with van der Waals surface area (Å²) >= 11 is 0. The molecule has 0 radical (unpaired) electrons. The fraction of sp³-hybridized carbons (Fsp3) is 0.625. The zero-order chi connectivity index (χ0) is 21.5. The molecule has 3 amide bonds. The molecule has 1 aromatic carbocycles. The second kappa shape index (κ2) is 10.6. The minimum absolute atomic E-state index is 0.0540. The normalized spacial score (nSPS) is 18.7. The Morgan fingerprint density at radius 2 is 1.83 bits per heavy atom. The van der Waals surface area contributed by atoms with Gasteiger partial charge in [-0.3, -0.25) is 14.4 Å².